The van der Waals surface area contributed by atoms with E-state index >= 15 is 0 Å². The highest BCUT2D eigenvalue weighted by atomic mass is 15.2. The van der Waals surface area contributed by atoms with Gasteiger partial charge >= 0.3 is 0 Å². The molecule has 1 aliphatic carbocycles. The third kappa shape index (κ3) is 6.42. The van der Waals surface area contributed by atoms with Gasteiger partial charge in [0.05, 0.1) is 0 Å². The van der Waals surface area contributed by atoms with Crippen LogP contribution in [0.3, 0.4) is 0 Å². The third-order valence-corrected chi connectivity index (χ3v) is 3.98. The zero-order valence-electron chi connectivity index (χ0n) is 12.0. The molecule has 0 aromatic heterocycles. The normalized spacial score (nSPS) is 17.5. The largest absolute Gasteiger partial charge is 0.330 e. The summed E-state index contributed by atoms with van der Waals surface area (Å²) in [6.07, 6.45) is 11.0. The van der Waals surface area contributed by atoms with Gasteiger partial charge in [0.1, 0.15) is 0 Å². The van der Waals surface area contributed by atoms with Crippen LogP contribution in [0.4, 0.5) is 0 Å². The molecule has 0 amide bonds. The van der Waals surface area contributed by atoms with E-state index in [-0.39, 0.29) is 0 Å². The first-order chi connectivity index (χ1) is 8.24. The Kier molecular flexibility index (Phi) is 7.87. The van der Waals surface area contributed by atoms with Crippen molar-refractivity contribution in [2.75, 3.05) is 19.6 Å². The van der Waals surface area contributed by atoms with Crippen molar-refractivity contribution in [2.45, 2.75) is 71.3 Å². The molecule has 2 nitrogen and oxygen atoms in total. The molecule has 0 aromatic carbocycles. The summed E-state index contributed by atoms with van der Waals surface area (Å²) in [7, 11) is 0. The number of nitrogens with two attached hydrogens (primary N) is 1. The lowest BCUT2D eigenvalue weighted by Crippen LogP contribution is -2.35. The summed E-state index contributed by atoms with van der Waals surface area (Å²) < 4.78 is 0. The summed E-state index contributed by atoms with van der Waals surface area (Å²) in [5, 5.41) is 0. The topological polar surface area (TPSA) is 29.3 Å². The summed E-state index contributed by atoms with van der Waals surface area (Å²) >= 11 is 0. The molecule has 17 heavy (non-hydrogen) atoms. The summed E-state index contributed by atoms with van der Waals surface area (Å²) in [4.78, 5) is 2.77. The van der Waals surface area contributed by atoms with Crippen molar-refractivity contribution < 1.29 is 0 Å². The van der Waals surface area contributed by atoms with Crippen LogP contribution in [0.25, 0.3) is 0 Å². The van der Waals surface area contributed by atoms with Crippen LogP contribution in [-0.4, -0.2) is 30.6 Å². The first-order valence-electron chi connectivity index (χ1n) is 7.68. The van der Waals surface area contributed by atoms with Crippen LogP contribution in [0.15, 0.2) is 0 Å². The number of hydrogen-bond acceptors (Lipinski definition) is 2. The molecule has 0 heterocycles. The third-order valence-electron chi connectivity index (χ3n) is 3.98. The summed E-state index contributed by atoms with van der Waals surface area (Å²) in [6, 6.07) is 0.895. The monoisotopic (exact) mass is 240 g/mol. The Balaban J connectivity index is 2.24. The molecule has 1 aliphatic rings. The van der Waals surface area contributed by atoms with Gasteiger partial charge in [0, 0.05) is 6.04 Å². The van der Waals surface area contributed by atoms with Crippen molar-refractivity contribution in [1.29, 1.82) is 0 Å². The number of rotatable bonds is 9. The van der Waals surface area contributed by atoms with E-state index in [0.29, 0.717) is 0 Å². The lowest BCUT2D eigenvalue weighted by Gasteiger charge is -2.29. The highest BCUT2D eigenvalue weighted by Gasteiger charge is 2.21. The minimum Gasteiger partial charge on any atom is -0.330 e. The number of hydrogen-bond donors (Lipinski definition) is 1. The molecule has 2 N–H and O–H groups in total. The Hall–Kier alpha value is -0.0800. The molecule has 0 spiro atoms. The van der Waals surface area contributed by atoms with Gasteiger partial charge < -0.3 is 10.6 Å². The summed E-state index contributed by atoms with van der Waals surface area (Å²) in [6.45, 7) is 8.14. The quantitative estimate of drug-likeness (QED) is 0.626. The molecular weight excluding hydrogens is 208 g/mol. The Morgan fingerprint density at radius 1 is 1.06 bits per heavy atom. The van der Waals surface area contributed by atoms with E-state index in [2.05, 4.69) is 18.7 Å². The summed E-state index contributed by atoms with van der Waals surface area (Å²) in [5.74, 6) is 0.836. The van der Waals surface area contributed by atoms with Gasteiger partial charge in [-0.1, -0.05) is 33.1 Å². The van der Waals surface area contributed by atoms with Gasteiger partial charge in [-0.3, -0.25) is 0 Å². The van der Waals surface area contributed by atoms with E-state index in [4.69, 9.17) is 5.73 Å². The van der Waals surface area contributed by atoms with Crippen molar-refractivity contribution in [3.63, 3.8) is 0 Å². The standard InChI is InChI=1S/C15H32N2/c1-14(2)10-13-17(12-7-3-6-11-16)15-8-4-5-9-15/h14-15H,3-13,16H2,1-2H3. The fourth-order valence-electron chi connectivity index (χ4n) is 2.81. The highest BCUT2D eigenvalue weighted by Crippen LogP contribution is 2.24. The molecule has 0 saturated heterocycles. The van der Waals surface area contributed by atoms with Crippen molar-refractivity contribution in [1.82, 2.24) is 4.90 Å². The van der Waals surface area contributed by atoms with E-state index < -0.39 is 0 Å². The fourth-order valence-corrected chi connectivity index (χ4v) is 2.81. The van der Waals surface area contributed by atoms with Gasteiger partial charge in [0.15, 0.2) is 0 Å². The second-order valence-corrected chi connectivity index (χ2v) is 6.01. The molecule has 1 saturated carbocycles. The van der Waals surface area contributed by atoms with E-state index in [1.165, 1.54) is 64.5 Å². The zero-order valence-corrected chi connectivity index (χ0v) is 12.0. The van der Waals surface area contributed by atoms with Crippen molar-refractivity contribution in [3.05, 3.63) is 0 Å². The van der Waals surface area contributed by atoms with Crippen LogP contribution < -0.4 is 5.73 Å². The Labute approximate surface area is 108 Å². The molecule has 0 aromatic rings. The highest BCUT2D eigenvalue weighted by molar-refractivity contribution is 4.77. The van der Waals surface area contributed by atoms with Crippen LogP contribution in [0.1, 0.15) is 65.2 Å². The van der Waals surface area contributed by atoms with Gasteiger partial charge in [-0.25, -0.2) is 0 Å². The fraction of sp³-hybridized carbons (Fsp3) is 1.00. The van der Waals surface area contributed by atoms with Crippen LogP contribution in [-0.2, 0) is 0 Å². The summed E-state index contributed by atoms with van der Waals surface area (Å²) in [5.41, 5.74) is 5.55. The number of unbranched alkanes of at least 4 members (excludes halogenated alkanes) is 2. The molecule has 0 bridgehead atoms. The van der Waals surface area contributed by atoms with Crippen molar-refractivity contribution in [3.8, 4) is 0 Å². The molecule has 0 radical (unpaired) electrons. The molecule has 102 valence electrons. The van der Waals surface area contributed by atoms with Crippen LogP contribution in [0.2, 0.25) is 0 Å². The molecule has 0 unspecified atom stereocenters. The smallest absolute Gasteiger partial charge is 0.00952 e. The maximum atomic E-state index is 5.55. The maximum Gasteiger partial charge on any atom is 0.00952 e. The molecule has 1 fully saturated rings. The lowest BCUT2D eigenvalue weighted by molar-refractivity contribution is 0.184. The number of nitrogens with zero attached hydrogens (tertiary/aromatic N) is 1. The van der Waals surface area contributed by atoms with E-state index in [0.717, 1.165) is 18.5 Å². The Morgan fingerprint density at radius 2 is 1.76 bits per heavy atom. The minimum absolute atomic E-state index is 0.836. The van der Waals surface area contributed by atoms with Gasteiger partial charge in [0.2, 0.25) is 0 Å². The van der Waals surface area contributed by atoms with Gasteiger partial charge in [-0.2, -0.15) is 0 Å². The van der Waals surface area contributed by atoms with Gasteiger partial charge in [-0.05, 0) is 57.7 Å². The first-order valence-corrected chi connectivity index (χ1v) is 7.68. The zero-order chi connectivity index (χ0) is 12.5. The molecular formula is C15H32N2. The molecule has 0 atom stereocenters. The molecule has 2 heteroatoms. The van der Waals surface area contributed by atoms with Gasteiger partial charge in [-0.15, -0.1) is 0 Å². The average molecular weight is 240 g/mol. The Bertz CT molecular complexity index is 174. The lowest BCUT2D eigenvalue weighted by atomic mass is 10.1. The molecule has 0 aliphatic heterocycles. The SMILES string of the molecule is CC(C)CCN(CCCCCN)C1CCCC1. The minimum atomic E-state index is 0.836. The van der Waals surface area contributed by atoms with Crippen LogP contribution in [0.5, 0.6) is 0 Å². The van der Waals surface area contributed by atoms with Crippen molar-refractivity contribution in [2.24, 2.45) is 11.7 Å². The predicted octanol–water partition coefficient (Wildman–Crippen LogP) is 3.41. The van der Waals surface area contributed by atoms with E-state index in [1.807, 2.05) is 0 Å². The molecule has 1 rings (SSSR count). The average Bonchev–Trinajstić information content (AvgIpc) is 2.81. The first kappa shape index (κ1) is 15.0. The van der Waals surface area contributed by atoms with Crippen LogP contribution >= 0.6 is 0 Å². The second-order valence-electron chi connectivity index (χ2n) is 6.01. The van der Waals surface area contributed by atoms with Crippen molar-refractivity contribution >= 4 is 0 Å². The van der Waals surface area contributed by atoms with Gasteiger partial charge in [0.25, 0.3) is 0 Å². The predicted molar refractivity (Wildman–Crippen MR) is 76.2 cm³/mol. The maximum absolute atomic E-state index is 5.55. The Morgan fingerprint density at radius 3 is 2.35 bits per heavy atom. The van der Waals surface area contributed by atoms with Crippen LogP contribution in [0, 0.1) is 5.92 Å². The second kappa shape index (κ2) is 8.93. The van der Waals surface area contributed by atoms with E-state index in [1.54, 1.807) is 0 Å². The van der Waals surface area contributed by atoms with E-state index in [9.17, 15) is 0 Å².